The maximum Gasteiger partial charge on any atom is 0.257 e. The van der Waals surface area contributed by atoms with Gasteiger partial charge in [0.1, 0.15) is 0 Å². The molecule has 1 saturated heterocycles. The van der Waals surface area contributed by atoms with Crippen LogP contribution in [0.3, 0.4) is 0 Å². The van der Waals surface area contributed by atoms with Gasteiger partial charge in [-0.3, -0.25) is 4.79 Å². The second-order valence-corrected chi connectivity index (χ2v) is 5.48. The Morgan fingerprint density at radius 3 is 2.52 bits per heavy atom. The average molecular weight is 285 g/mol. The highest BCUT2D eigenvalue weighted by Crippen LogP contribution is 2.15. The van der Waals surface area contributed by atoms with Crippen LogP contribution in [0.15, 0.2) is 42.7 Å². The molecule has 0 unspecified atom stereocenters. The number of hydrogen-bond donors (Lipinski definition) is 0. The van der Waals surface area contributed by atoms with Gasteiger partial charge in [-0.05, 0) is 26.0 Å². The van der Waals surface area contributed by atoms with E-state index in [0.717, 1.165) is 5.69 Å². The van der Waals surface area contributed by atoms with Crippen molar-refractivity contribution in [1.29, 1.82) is 0 Å². The molecule has 1 aliphatic heterocycles. The lowest BCUT2D eigenvalue weighted by molar-refractivity contribution is -0.0586. The predicted octanol–water partition coefficient (Wildman–Crippen LogP) is 2.12. The second-order valence-electron chi connectivity index (χ2n) is 5.48. The molecular formula is C16H19N3O2. The van der Waals surface area contributed by atoms with Gasteiger partial charge in [0, 0.05) is 19.3 Å². The maximum absolute atomic E-state index is 12.6. The molecule has 1 aliphatic rings. The van der Waals surface area contributed by atoms with Crippen LogP contribution in [-0.4, -0.2) is 45.9 Å². The topological polar surface area (TPSA) is 47.4 Å². The number of morpholine rings is 1. The Bertz CT molecular complexity index is 613. The SMILES string of the molecule is C[C@H]1CN(C(=O)c2cnn(-c3ccccc3)c2)C[C@H](C)O1. The maximum atomic E-state index is 12.6. The summed E-state index contributed by atoms with van der Waals surface area (Å²) in [6.45, 7) is 5.23. The van der Waals surface area contributed by atoms with Crippen LogP contribution in [0.4, 0.5) is 0 Å². The summed E-state index contributed by atoms with van der Waals surface area (Å²) >= 11 is 0. The quantitative estimate of drug-likeness (QED) is 0.849. The molecule has 5 nitrogen and oxygen atoms in total. The Balaban J connectivity index is 1.78. The second kappa shape index (κ2) is 5.69. The van der Waals surface area contributed by atoms with Gasteiger partial charge in [0.2, 0.25) is 0 Å². The summed E-state index contributed by atoms with van der Waals surface area (Å²) in [5, 5.41) is 4.28. The average Bonchev–Trinajstić information content (AvgIpc) is 2.96. The molecule has 2 aromatic rings. The Morgan fingerprint density at radius 1 is 1.19 bits per heavy atom. The van der Waals surface area contributed by atoms with Crippen molar-refractivity contribution in [3.8, 4) is 5.69 Å². The van der Waals surface area contributed by atoms with E-state index in [1.54, 1.807) is 17.1 Å². The van der Waals surface area contributed by atoms with Crippen LogP contribution in [0.25, 0.3) is 5.69 Å². The number of amides is 1. The van der Waals surface area contributed by atoms with E-state index < -0.39 is 0 Å². The Kier molecular flexibility index (Phi) is 3.75. The van der Waals surface area contributed by atoms with Crippen LogP contribution in [0.2, 0.25) is 0 Å². The van der Waals surface area contributed by atoms with Gasteiger partial charge in [-0.1, -0.05) is 18.2 Å². The smallest absolute Gasteiger partial charge is 0.257 e. The van der Waals surface area contributed by atoms with Crippen molar-refractivity contribution in [2.24, 2.45) is 0 Å². The zero-order valence-electron chi connectivity index (χ0n) is 12.3. The Labute approximate surface area is 124 Å². The van der Waals surface area contributed by atoms with Gasteiger partial charge in [0.25, 0.3) is 5.91 Å². The summed E-state index contributed by atoms with van der Waals surface area (Å²) in [5.41, 5.74) is 1.56. The number of rotatable bonds is 2. The summed E-state index contributed by atoms with van der Waals surface area (Å²) < 4.78 is 7.38. The molecule has 1 aromatic carbocycles. The van der Waals surface area contributed by atoms with E-state index in [1.807, 2.05) is 49.1 Å². The number of aromatic nitrogens is 2. The number of benzene rings is 1. The third kappa shape index (κ3) is 2.97. The lowest BCUT2D eigenvalue weighted by Crippen LogP contribution is -2.48. The molecule has 5 heteroatoms. The summed E-state index contributed by atoms with van der Waals surface area (Å²) in [4.78, 5) is 14.4. The molecule has 110 valence electrons. The Morgan fingerprint density at radius 2 is 1.86 bits per heavy atom. The molecule has 0 saturated carbocycles. The molecule has 3 rings (SSSR count). The molecule has 21 heavy (non-hydrogen) atoms. The molecule has 0 spiro atoms. The van der Waals surface area contributed by atoms with Crippen LogP contribution < -0.4 is 0 Å². The number of ether oxygens (including phenoxy) is 1. The van der Waals surface area contributed by atoms with Gasteiger partial charge < -0.3 is 9.64 Å². The van der Waals surface area contributed by atoms with E-state index in [9.17, 15) is 4.79 Å². The van der Waals surface area contributed by atoms with E-state index in [-0.39, 0.29) is 18.1 Å². The van der Waals surface area contributed by atoms with Crippen molar-refractivity contribution in [3.63, 3.8) is 0 Å². The minimum Gasteiger partial charge on any atom is -0.372 e. The first-order valence-corrected chi connectivity index (χ1v) is 7.18. The minimum absolute atomic E-state index is 0.0131. The zero-order valence-corrected chi connectivity index (χ0v) is 12.3. The van der Waals surface area contributed by atoms with Gasteiger partial charge in [-0.2, -0.15) is 5.10 Å². The molecule has 1 aromatic heterocycles. The van der Waals surface area contributed by atoms with Gasteiger partial charge in [0.05, 0.1) is 29.7 Å². The lowest BCUT2D eigenvalue weighted by Gasteiger charge is -2.35. The van der Waals surface area contributed by atoms with Crippen molar-refractivity contribution >= 4 is 5.91 Å². The van der Waals surface area contributed by atoms with Crippen molar-refractivity contribution in [1.82, 2.24) is 14.7 Å². The summed E-state index contributed by atoms with van der Waals surface area (Å²) in [6, 6.07) is 9.77. The van der Waals surface area contributed by atoms with E-state index in [1.165, 1.54) is 0 Å². The van der Waals surface area contributed by atoms with E-state index in [4.69, 9.17) is 4.74 Å². The molecule has 0 N–H and O–H groups in total. The summed E-state index contributed by atoms with van der Waals surface area (Å²) in [5.74, 6) is 0.0131. The third-order valence-corrected chi connectivity index (χ3v) is 3.56. The normalized spacial score (nSPS) is 22.3. The first-order chi connectivity index (χ1) is 10.1. The van der Waals surface area contributed by atoms with Crippen molar-refractivity contribution in [2.75, 3.05) is 13.1 Å². The molecule has 2 heterocycles. The largest absolute Gasteiger partial charge is 0.372 e. The van der Waals surface area contributed by atoms with Crippen molar-refractivity contribution in [2.45, 2.75) is 26.1 Å². The van der Waals surface area contributed by atoms with Crippen LogP contribution >= 0.6 is 0 Å². The van der Waals surface area contributed by atoms with Gasteiger partial charge in [-0.25, -0.2) is 4.68 Å². The van der Waals surface area contributed by atoms with Gasteiger partial charge in [0.15, 0.2) is 0 Å². The van der Waals surface area contributed by atoms with E-state index >= 15 is 0 Å². The molecule has 0 aliphatic carbocycles. The first kappa shape index (κ1) is 13.8. The molecular weight excluding hydrogens is 266 g/mol. The fourth-order valence-electron chi connectivity index (χ4n) is 2.68. The monoisotopic (exact) mass is 285 g/mol. The zero-order chi connectivity index (χ0) is 14.8. The molecule has 0 radical (unpaired) electrons. The number of hydrogen-bond acceptors (Lipinski definition) is 3. The molecule has 0 bridgehead atoms. The fraction of sp³-hybridized carbons (Fsp3) is 0.375. The van der Waals surface area contributed by atoms with E-state index in [2.05, 4.69) is 5.10 Å². The third-order valence-electron chi connectivity index (χ3n) is 3.56. The van der Waals surface area contributed by atoms with Gasteiger partial charge in [-0.15, -0.1) is 0 Å². The molecule has 1 amide bonds. The van der Waals surface area contributed by atoms with Crippen LogP contribution in [0, 0.1) is 0 Å². The van der Waals surface area contributed by atoms with Gasteiger partial charge >= 0.3 is 0 Å². The molecule has 1 fully saturated rings. The first-order valence-electron chi connectivity index (χ1n) is 7.18. The fourth-order valence-corrected chi connectivity index (χ4v) is 2.68. The predicted molar refractivity (Wildman–Crippen MR) is 79.5 cm³/mol. The number of nitrogens with zero attached hydrogens (tertiary/aromatic N) is 3. The highest BCUT2D eigenvalue weighted by Gasteiger charge is 2.27. The van der Waals surface area contributed by atoms with Crippen LogP contribution in [0.5, 0.6) is 0 Å². The summed E-state index contributed by atoms with van der Waals surface area (Å²) in [6.07, 6.45) is 3.55. The lowest BCUT2D eigenvalue weighted by atomic mass is 10.2. The highest BCUT2D eigenvalue weighted by atomic mass is 16.5. The molecule has 2 atom stereocenters. The summed E-state index contributed by atoms with van der Waals surface area (Å²) in [7, 11) is 0. The van der Waals surface area contributed by atoms with E-state index in [0.29, 0.717) is 18.7 Å². The minimum atomic E-state index is 0.0131. The highest BCUT2D eigenvalue weighted by molar-refractivity contribution is 5.94. The van der Waals surface area contributed by atoms with Crippen LogP contribution in [-0.2, 0) is 4.74 Å². The van der Waals surface area contributed by atoms with Crippen LogP contribution in [0.1, 0.15) is 24.2 Å². The standard InChI is InChI=1S/C16H19N3O2/c1-12-9-18(10-13(2)21-12)16(20)14-8-17-19(11-14)15-6-4-3-5-7-15/h3-8,11-13H,9-10H2,1-2H3/t12-,13-/m0/s1. The number of para-hydroxylation sites is 1. The van der Waals surface area contributed by atoms with Crippen molar-refractivity contribution in [3.05, 3.63) is 48.3 Å². The Hall–Kier alpha value is -2.14. The van der Waals surface area contributed by atoms with Crippen molar-refractivity contribution < 1.29 is 9.53 Å². The number of carbonyl (C=O) groups is 1. The number of carbonyl (C=O) groups excluding carboxylic acids is 1.